The summed E-state index contributed by atoms with van der Waals surface area (Å²) in [4.78, 5) is 0.126. The van der Waals surface area contributed by atoms with Gasteiger partial charge < -0.3 is 0 Å². The SMILES string of the molecule is Cc1cc(S(=O)(=O)N(Cc2ccc(F)cc2)Cc2ccccc2Cl)ccc1-n1cnnn1. The third kappa shape index (κ3) is 4.69. The summed E-state index contributed by atoms with van der Waals surface area (Å²) in [5.41, 5.74) is 2.69. The number of aryl methyl sites for hydroxylation is 1. The smallest absolute Gasteiger partial charge is 0.207 e. The predicted molar refractivity (Wildman–Crippen MR) is 118 cm³/mol. The molecule has 4 rings (SSSR count). The molecule has 7 nitrogen and oxygen atoms in total. The van der Waals surface area contributed by atoms with E-state index >= 15 is 0 Å². The lowest BCUT2D eigenvalue weighted by atomic mass is 10.2. The number of nitrogens with zero attached hydrogens (tertiary/aromatic N) is 5. The van der Waals surface area contributed by atoms with Crippen LogP contribution in [0.4, 0.5) is 4.39 Å². The molecule has 0 aliphatic rings. The quantitative estimate of drug-likeness (QED) is 0.404. The van der Waals surface area contributed by atoms with Crippen LogP contribution in [0.1, 0.15) is 16.7 Å². The number of benzene rings is 3. The molecule has 0 fully saturated rings. The zero-order valence-electron chi connectivity index (χ0n) is 17.1. The van der Waals surface area contributed by atoms with Crippen LogP contribution in [0, 0.1) is 12.7 Å². The Morgan fingerprint density at radius 3 is 2.44 bits per heavy atom. The van der Waals surface area contributed by atoms with Crippen molar-refractivity contribution in [3.8, 4) is 5.69 Å². The topological polar surface area (TPSA) is 81.0 Å². The Bertz CT molecular complexity index is 1330. The van der Waals surface area contributed by atoms with E-state index in [1.54, 1.807) is 55.5 Å². The Balaban J connectivity index is 1.72. The van der Waals surface area contributed by atoms with Crippen LogP contribution in [-0.2, 0) is 23.1 Å². The number of rotatable bonds is 7. The van der Waals surface area contributed by atoms with Gasteiger partial charge in [-0.25, -0.2) is 17.5 Å². The van der Waals surface area contributed by atoms with E-state index in [2.05, 4.69) is 15.5 Å². The molecule has 3 aromatic carbocycles. The van der Waals surface area contributed by atoms with Gasteiger partial charge in [0, 0.05) is 18.1 Å². The standard InChI is InChI=1S/C22H19ClFN5O2S/c1-16-12-20(10-11-22(16)29-15-25-26-27-29)32(30,31)28(13-17-6-8-19(24)9-7-17)14-18-4-2-3-5-21(18)23/h2-12,15H,13-14H2,1H3. The Hall–Kier alpha value is -3.14. The fraction of sp³-hybridized carbons (Fsp3) is 0.136. The van der Waals surface area contributed by atoms with Gasteiger partial charge in [0.1, 0.15) is 12.1 Å². The molecule has 1 heterocycles. The normalized spacial score (nSPS) is 11.8. The molecule has 0 amide bonds. The number of hydrogen-bond donors (Lipinski definition) is 0. The van der Waals surface area contributed by atoms with E-state index in [9.17, 15) is 12.8 Å². The monoisotopic (exact) mass is 471 g/mol. The second-order valence-corrected chi connectivity index (χ2v) is 9.54. The average molecular weight is 472 g/mol. The molecular weight excluding hydrogens is 453 g/mol. The Kier molecular flexibility index (Phi) is 6.31. The second kappa shape index (κ2) is 9.15. The Labute approximate surface area is 190 Å². The van der Waals surface area contributed by atoms with Crippen LogP contribution in [0.3, 0.4) is 0 Å². The molecule has 0 spiro atoms. The summed E-state index contributed by atoms with van der Waals surface area (Å²) in [5.74, 6) is -0.386. The third-order valence-corrected chi connectivity index (χ3v) is 7.14. The van der Waals surface area contributed by atoms with Gasteiger partial charge in [0.05, 0.1) is 10.6 Å². The fourth-order valence-corrected chi connectivity index (χ4v) is 4.99. The number of aromatic nitrogens is 4. The van der Waals surface area contributed by atoms with Gasteiger partial charge in [-0.05, 0) is 70.4 Å². The molecule has 0 N–H and O–H groups in total. The molecule has 0 saturated heterocycles. The number of halogens is 2. The van der Waals surface area contributed by atoms with Crippen LogP contribution in [-0.4, -0.2) is 32.9 Å². The molecule has 164 valence electrons. The summed E-state index contributed by atoms with van der Waals surface area (Å²) in [7, 11) is -3.91. The van der Waals surface area contributed by atoms with E-state index in [-0.39, 0.29) is 23.8 Å². The van der Waals surface area contributed by atoms with Crippen molar-refractivity contribution >= 4 is 21.6 Å². The van der Waals surface area contributed by atoms with E-state index in [1.165, 1.54) is 33.5 Å². The molecule has 0 aliphatic heterocycles. The Morgan fingerprint density at radius 1 is 1.03 bits per heavy atom. The van der Waals surface area contributed by atoms with Crippen LogP contribution in [0.15, 0.2) is 78.0 Å². The molecule has 0 saturated carbocycles. The molecule has 0 atom stereocenters. The van der Waals surface area contributed by atoms with E-state index in [4.69, 9.17) is 11.6 Å². The molecule has 4 aromatic rings. The fourth-order valence-electron chi connectivity index (χ4n) is 3.30. The molecule has 10 heteroatoms. The highest BCUT2D eigenvalue weighted by molar-refractivity contribution is 7.89. The maximum Gasteiger partial charge on any atom is 0.243 e. The summed E-state index contributed by atoms with van der Waals surface area (Å²) >= 11 is 6.30. The second-order valence-electron chi connectivity index (χ2n) is 7.19. The van der Waals surface area contributed by atoms with Gasteiger partial charge in [-0.15, -0.1) is 5.10 Å². The Morgan fingerprint density at radius 2 is 1.78 bits per heavy atom. The lowest BCUT2D eigenvalue weighted by Gasteiger charge is -2.23. The van der Waals surface area contributed by atoms with Crippen LogP contribution >= 0.6 is 11.6 Å². The van der Waals surface area contributed by atoms with E-state index in [1.807, 2.05) is 0 Å². The summed E-state index contributed by atoms with van der Waals surface area (Å²) in [6.07, 6.45) is 1.44. The van der Waals surface area contributed by atoms with Gasteiger partial charge in [-0.1, -0.05) is 41.9 Å². The summed E-state index contributed by atoms with van der Waals surface area (Å²) in [6.45, 7) is 1.91. The van der Waals surface area contributed by atoms with E-state index in [0.29, 0.717) is 27.4 Å². The first kappa shape index (κ1) is 22.1. The first-order valence-electron chi connectivity index (χ1n) is 9.66. The third-order valence-electron chi connectivity index (χ3n) is 4.98. The van der Waals surface area contributed by atoms with Gasteiger partial charge in [-0.3, -0.25) is 0 Å². The zero-order valence-corrected chi connectivity index (χ0v) is 18.6. The van der Waals surface area contributed by atoms with Crippen molar-refractivity contribution in [3.63, 3.8) is 0 Å². The molecule has 0 bridgehead atoms. The summed E-state index contributed by atoms with van der Waals surface area (Å²) < 4.78 is 43.4. The molecule has 1 aromatic heterocycles. The minimum atomic E-state index is -3.91. The molecule has 0 aliphatic carbocycles. The maximum atomic E-state index is 13.6. The van der Waals surface area contributed by atoms with Crippen molar-refractivity contribution in [2.24, 2.45) is 0 Å². The van der Waals surface area contributed by atoms with Crippen molar-refractivity contribution in [2.75, 3.05) is 0 Å². The van der Waals surface area contributed by atoms with Crippen molar-refractivity contribution in [1.29, 1.82) is 0 Å². The first-order chi connectivity index (χ1) is 15.3. The highest BCUT2D eigenvalue weighted by Gasteiger charge is 2.26. The van der Waals surface area contributed by atoms with Crippen LogP contribution in [0.25, 0.3) is 5.69 Å². The molecule has 32 heavy (non-hydrogen) atoms. The van der Waals surface area contributed by atoms with Crippen molar-refractivity contribution in [1.82, 2.24) is 24.5 Å². The number of tetrazole rings is 1. The van der Waals surface area contributed by atoms with E-state index in [0.717, 1.165) is 0 Å². The molecule has 0 unspecified atom stereocenters. The minimum Gasteiger partial charge on any atom is -0.207 e. The predicted octanol–water partition coefficient (Wildman–Crippen LogP) is 4.15. The van der Waals surface area contributed by atoms with Crippen molar-refractivity contribution < 1.29 is 12.8 Å². The lowest BCUT2D eigenvalue weighted by molar-refractivity contribution is 0.401. The summed E-state index contributed by atoms with van der Waals surface area (Å²) in [6, 6.07) is 17.6. The minimum absolute atomic E-state index is 0.0572. The van der Waals surface area contributed by atoms with Gasteiger partial charge in [0.15, 0.2) is 0 Å². The van der Waals surface area contributed by atoms with Gasteiger partial charge >= 0.3 is 0 Å². The maximum absolute atomic E-state index is 13.6. The zero-order chi connectivity index (χ0) is 22.7. The van der Waals surface area contributed by atoms with Gasteiger partial charge in [-0.2, -0.15) is 4.31 Å². The first-order valence-corrected chi connectivity index (χ1v) is 11.5. The van der Waals surface area contributed by atoms with Crippen LogP contribution in [0.5, 0.6) is 0 Å². The van der Waals surface area contributed by atoms with Gasteiger partial charge in [0.25, 0.3) is 0 Å². The van der Waals surface area contributed by atoms with Crippen molar-refractivity contribution in [2.45, 2.75) is 24.9 Å². The largest absolute Gasteiger partial charge is 0.243 e. The van der Waals surface area contributed by atoms with Crippen molar-refractivity contribution in [3.05, 3.63) is 101 Å². The average Bonchev–Trinajstić information content (AvgIpc) is 3.30. The highest BCUT2D eigenvalue weighted by Crippen LogP contribution is 2.26. The van der Waals surface area contributed by atoms with Gasteiger partial charge in [0.2, 0.25) is 10.0 Å². The number of sulfonamides is 1. The highest BCUT2D eigenvalue weighted by atomic mass is 35.5. The van der Waals surface area contributed by atoms with Crippen LogP contribution in [0.2, 0.25) is 5.02 Å². The lowest BCUT2D eigenvalue weighted by Crippen LogP contribution is -2.30. The van der Waals surface area contributed by atoms with E-state index < -0.39 is 10.0 Å². The van der Waals surface area contributed by atoms with Crippen LogP contribution < -0.4 is 0 Å². The molecular formula is C22H19ClFN5O2S. The number of hydrogen-bond acceptors (Lipinski definition) is 5. The molecule has 0 radical (unpaired) electrons. The summed E-state index contributed by atoms with van der Waals surface area (Å²) in [5, 5.41) is 11.6.